The number of likely N-dealkylation sites (tertiary alicyclic amines) is 1. The highest BCUT2D eigenvalue weighted by atomic mass is 32.1. The lowest BCUT2D eigenvalue weighted by Gasteiger charge is -2.26. The zero-order valence-electron chi connectivity index (χ0n) is 13.8. The van der Waals surface area contributed by atoms with Crippen LogP contribution in [0.5, 0.6) is 0 Å². The van der Waals surface area contributed by atoms with Crippen LogP contribution in [-0.4, -0.2) is 42.6 Å². The van der Waals surface area contributed by atoms with Crippen molar-refractivity contribution in [3.8, 4) is 0 Å². The van der Waals surface area contributed by atoms with Crippen LogP contribution < -0.4 is 5.32 Å². The number of hydrogen-bond donors (Lipinski definition) is 1. The Kier molecular flexibility index (Phi) is 4.39. The number of fused-ring (bicyclic) bond motifs is 1. The molecule has 0 radical (unpaired) electrons. The second-order valence-electron chi connectivity index (χ2n) is 6.62. The van der Waals surface area contributed by atoms with Gasteiger partial charge in [0.25, 0.3) is 0 Å². The molecule has 5 heteroatoms. The predicted molar refractivity (Wildman–Crippen MR) is 95.2 cm³/mol. The molecule has 2 saturated heterocycles. The summed E-state index contributed by atoms with van der Waals surface area (Å²) in [5.74, 6) is 0.299. The molecule has 0 aliphatic carbocycles. The smallest absolute Gasteiger partial charge is 0.246 e. The summed E-state index contributed by atoms with van der Waals surface area (Å²) in [6.07, 6.45) is 0.0617. The number of carbonyl (C=O) groups excluding carboxylic acids is 1. The maximum Gasteiger partial charge on any atom is 0.246 e. The molecule has 0 saturated carbocycles. The first-order valence-corrected chi connectivity index (χ1v) is 9.30. The summed E-state index contributed by atoms with van der Waals surface area (Å²) < 4.78 is 6.04. The zero-order chi connectivity index (χ0) is 16.5. The topological polar surface area (TPSA) is 41.6 Å². The number of aryl methyl sites for hydroxylation is 1. The van der Waals surface area contributed by atoms with E-state index in [-0.39, 0.29) is 24.7 Å². The first-order valence-electron chi connectivity index (χ1n) is 8.42. The standard InChI is InChI=1S/C19H22N2O2S/c1-13-7-8-24-17(13)11-21-10-15(14-5-3-2-4-6-14)19-16(21)9-20-18(22)12-23-19/h2-8,15-16,19H,9-12H2,1H3,(H,20,22)/t15-,16-,19-/m1/s1. The van der Waals surface area contributed by atoms with Crippen molar-refractivity contribution in [3.05, 3.63) is 57.8 Å². The maximum atomic E-state index is 11.8. The molecule has 4 nitrogen and oxygen atoms in total. The van der Waals surface area contributed by atoms with Gasteiger partial charge in [0.05, 0.1) is 12.1 Å². The number of amides is 1. The summed E-state index contributed by atoms with van der Waals surface area (Å²) in [6.45, 7) is 4.88. The molecule has 3 heterocycles. The number of nitrogens with one attached hydrogen (secondary N) is 1. The van der Waals surface area contributed by atoms with Gasteiger partial charge in [0, 0.05) is 30.4 Å². The molecule has 3 atom stereocenters. The summed E-state index contributed by atoms with van der Waals surface area (Å²) in [6, 6.07) is 12.9. The van der Waals surface area contributed by atoms with Crippen LogP contribution in [0.3, 0.4) is 0 Å². The van der Waals surface area contributed by atoms with Crippen molar-refractivity contribution < 1.29 is 9.53 Å². The number of nitrogens with zero attached hydrogens (tertiary/aromatic N) is 1. The number of benzene rings is 1. The largest absolute Gasteiger partial charge is 0.366 e. The van der Waals surface area contributed by atoms with E-state index in [1.165, 1.54) is 16.0 Å². The van der Waals surface area contributed by atoms with Crippen LogP contribution in [-0.2, 0) is 16.1 Å². The van der Waals surface area contributed by atoms with Gasteiger partial charge >= 0.3 is 0 Å². The predicted octanol–water partition coefficient (Wildman–Crippen LogP) is 2.54. The Morgan fingerprint density at radius 2 is 2.12 bits per heavy atom. The fourth-order valence-electron chi connectivity index (χ4n) is 3.81. The minimum Gasteiger partial charge on any atom is -0.366 e. The molecule has 2 aromatic rings. The third-order valence-corrected chi connectivity index (χ3v) is 6.14. The lowest BCUT2D eigenvalue weighted by Crippen LogP contribution is -2.42. The highest BCUT2D eigenvalue weighted by molar-refractivity contribution is 7.10. The summed E-state index contributed by atoms with van der Waals surface area (Å²) in [5, 5.41) is 5.16. The second-order valence-corrected chi connectivity index (χ2v) is 7.62. The lowest BCUT2D eigenvalue weighted by molar-refractivity contribution is -0.125. The molecule has 2 aliphatic rings. The van der Waals surface area contributed by atoms with E-state index in [4.69, 9.17) is 4.74 Å². The zero-order valence-corrected chi connectivity index (χ0v) is 14.6. The first-order chi connectivity index (χ1) is 11.7. The van der Waals surface area contributed by atoms with Crippen molar-refractivity contribution in [2.45, 2.75) is 31.5 Å². The van der Waals surface area contributed by atoms with Crippen molar-refractivity contribution >= 4 is 17.2 Å². The normalized spacial score (nSPS) is 27.5. The van der Waals surface area contributed by atoms with Gasteiger partial charge in [-0.1, -0.05) is 30.3 Å². The van der Waals surface area contributed by atoms with Crippen molar-refractivity contribution in [3.63, 3.8) is 0 Å². The van der Waals surface area contributed by atoms with Crippen molar-refractivity contribution in [1.29, 1.82) is 0 Å². The van der Waals surface area contributed by atoms with E-state index in [2.05, 4.69) is 52.9 Å². The Labute approximate surface area is 146 Å². The van der Waals surface area contributed by atoms with Crippen LogP contribution in [0.1, 0.15) is 21.9 Å². The van der Waals surface area contributed by atoms with Gasteiger partial charge < -0.3 is 10.1 Å². The van der Waals surface area contributed by atoms with Gasteiger partial charge in [-0.25, -0.2) is 0 Å². The van der Waals surface area contributed by atoms with E-state index in [1.54, 1.807) is 0 Å². The SMILES string of the molecule is Cc1ccsc1CN1C[C@H](c2ccccc2)[C@H]2OCC(=O)NC[C@H]21. The average molecular weight is 342 g/mol. The van der Waals surface area contributed by atoms with Crippen LogP contribution in [0.25, 0.3) is 0 Å². The van der Waals surface area contributed by atoms with Gasteiger partial charge in [-0.05, 0) is 29.5 Å². The molecular weight excluding hydrogens is 320 g/mol. The van der Waals surface area contributed by atoms with Crippen LogP contribution in [0.4, 0.5) is 0 Å². The summed E-state index contributed by atoms with van der Waals surface area (Å²) >= 11 is 1.81. The number of thiophene rings is 1. The van der Waals surface area contributed by atoms with Crippen LogP contribution in [0.15, 0.2) is 41.8 Å². The van der Waals surface area contributed by atoms with Crippen LogP contribution in [0, 0.1) is 6.92 Å². The number of carbonyl (C=O) groups is 1. The molecule has 0 spiro atoms. The lowest BCUT2D eigenvalue weighted by atomic mass is 9.93. The Morgan fingerprint density at radius 1 is 1.29 bits per heavy atom. The van der Waals surface area contributed by atoms with E-state index < -0.39 is 0 Å². The van der Waals surface area contributed by atoms with Crippen molar-refractivity contribution in [2.24, 2.45) is 0 Å². The monoisotopic (exact) mass is 342 g/mol. The van der Waals surface area contributed by atoms with E-state index in [0.29, 0.717) is 12.5 Å². The molecule has 2 aliphatic heterocycles. The Morgan fingerprint density at radius 3 is 2.88 bits per heavy atom. The minimum atomic E-state index is -0.0107. The fourth-order valence-corrected chi connectivity index (χ4v) is 4.74. The van der Waals surface area contributed by atoms with Gasteiger partial charge in [-0.3, -0.25) is 9.69 Å². The number of ether oxygens (including phenoxy) is 1. The van der Waals surface area contributed by atoms with Crippen molar-refractivity contribution in [2.75, 3.05) is 19.7 Å². The van der Waals surface area contributed by atoms with Crippen LogP contribution in [0.2, 0.25) is 0 Å². The molecule has 4 rings (SSSR count). The Hall–Kier alpha value is -1.69. The summed E-state index contributed by atoms with van der Waals surface area (Å²) in [5.41, 5.74) is 2.64. The van der Waals surface area contributed by atoms with E-state index in [0.717, 1.165) is 13.1 Å². The van der Waals surface area contributed by atoms with E-state index in [9.17, 15) is 4.79 Å². The quantitative estimate of drug-likeness (QED) is 0.932. The molecule has 0 bridgehead atoms. The van der Waals surface area contributed by atoms with E-state index >= 15 is 0 Å². The highest BCUT2D eigenvalue weighted by Gasteiger charge is 2.44. The van der Waals surface area contributed by atoms with Crippen LogP contribution >= 0.6 is 11.3 Å². The van der Waals surface area contributed by atoms with Gasteiger partial charge in [0.2, 0.25) is 5.91 Å². The first kappa shape index (κ1) is 15.8. The molecule has 24 heavy (non-hydrogen) atoms. The third-order valence-electron chi connectivity index (χ3n) is 5.13. The molecule has 0 unspecified atom stereocenters. The van der Waals surface area contributed by atoms with Crippen molar-refractivity contribution in [1.82, 2.24) is 10.2 Å². The van der Waals surface area contributed by atoms with Gasteiger partial charge in [-0.15, -0.1) is 11.3 Å². The summed E-state index contributed by atoms with van der Waals surface area (Å²) in [4.78, 5) is 15.7. The average Bonchev–Trinajstić information content (AvgIpc) is 3.09. The van der Waals surface area contributed by atoms with E-state index in [1.807, 2.05) is 17.4 Å². The molecule has 2 fully saturated rings. The molecule has 126 valence electrons. The fraction of sp³-hybridized carbons (Fsp3) is 0.421. The molecule has 1 aromatic carbocycles. The maximum absolute atomic E-state index is 11.8. The third kappa shape index (κ3) is 2.99. The van der Waals surface area contributed by atoms with Gasteiger partial charge in [0.1, 0.15) is 6.61 Å². The molecule has 1 N–H and O–H groups in total. The molecule has 1 amide bonds. The summed E-state index contributed by atoms with van der Waals surface area (Å²) in [7, 11) is 0. The number of rotatable bonds is 3. The molecule has 1 aromatic heterocycles. The second kappa shape index (κ2) is 6.67. The Bertz CT molecular complexity index is 715. The molecular formula is C19H22N2O2S. The van der Waals surface area contributed by atoms with Gasteiger partial charge in [0.15, 0.2) is 0 Å². The number of hydrogen-bond acceptors (Lipinski definition) is 4. The van der Waals surface area contributed by atoms with Gasteiger partial charge in [-0.2, -0.15) is 0 Å². The highest BCUT2D eigenvalue weighted by Crippen LogP contribution is 2.36. The minimum absolute atomic E-state index is 0.0107. The Balaban J connectivity index is 1.62.